The van der Waals surface area contributed by atoms with Gasteiger partial charge in [0.15, 0.2) is 0 Å². The lowest BCUT2D eigenvalue weighted by Gasteiger charge is -2.11. The second-order valence-corrected chi connectivity index (χ2v) is 5.67. The number of carbonyl (C=O) groups excluding carboxylic acids is 2. The summed E-state index contributed by atoms with van der Waals surface area (Å²) in [6.07, 6.45) is 3.32. The number of amides is 2. The van der Waals surface area contributed by atoms with Crippen molar-refractivity contribution in [2.45, 2.75) is 13.8 Å². The van der Waals surface area contributed by atoms with E-state index in [1.807, 2.05) is 31.2 Å². The molecule has 2 aromatic carbocycles. The number of hydrogen-bond donors (Lipinski definition) is 2. The molecule has 5 nitrogen and oxygen atoms in total. The molecule has 0 bridgehead atoms. The zero-order chi connectivity index (χ0) is 18.9. The Morgan fingerprint density at radius 3 is 2.42 bits per heavy atom. The van der Waals surface area contributed by atoms with Crippen molar-refractivity contribution >= 4 is 23.6 Å². The van der Waals surface area contributed by atoms with Gasteiger partial charge in [0.25, 0.3) is 5.91 Å². The van der Waals surface area contributed by atoms with Gasteiger partial charge in [-0.15, -0.1) is 0 Å². The monoisotopic (exact) mass is 350 g/mol. The molecule has 5 heteroatoms. The van der Waals surface area contributed by atoms with Crippen LogP contribution in [-0.2, 0) is 9.59 Å². The molecule has 0 aliphatic carbocycles. The van der Waals surface area contributed by atoms with Crippen LogP contribution in [0.4, 0.5) is 5.69 Å². The largest absolute Gasteiger partial charge is 0.490 e. The molecule has 0 atom stereocenters. The minimum Gasteiger partial charge on any atom is -0.490 e. The molecule has 0 aliphatic rings. The van der Waals surface area contributed by atoms with E-state index in [0.29, 0.717) is 18.0 Å². The fourth-order valence-electron chi connectivity index (χ4n) is 2.24. The third-order valence-electron chi connectivity index (χ3n) is 3.52. The van der Waals surface area contributed by atoms with Gasteiger partial charge < -0.3 is 15.4 Å². The van der Waals surface area contributed by atoms with E-state index in [0.717, 1.165) is 11.1 Å². The number of ether oxygens (including phenoxy) is 1. The second kappa shape index (κ2) is 9.22. The Bertz CT molecular complexity index is 823. The summed E-state index contributed by atoms with van der Waals surface area (Å²) < 4.78 is 5.41. The lowest BCUT2D eigenvalue weighted by Crippen LogP contribution is -2.29. The van der Waals surface area contributed by atoms with E-state index in [2.05, 4.69) is 17.2 Å². The number of anilines is 1. The van der Waals surface area contributed by atoms with Gasteiger partial charge >= 0.3 is 0 Å². The van der Waals surface area contributed by atoms with Gasteiger partial charge in [-0.3, -0.25) is 9.59 Å². The summed E-state index contributed by atoms with van der Waals surface area (Å²) in [5, 5.41) is 5.36. The molecule has 0 radical (unpaired) electrons. The maximum absolute atomic E-state index is 12.6. The lowest BCUT2D eigenvalue weighted by molar-refractivity contribution is -0.120. The molecule has 0 aromatic heterocycles. The molecule has 0 fully saturated rings. The molecule has 2 aromatic rings. The zero-order valence-corrected chi connectivity index (χ0v) is 14.9. The van der Waals surface area contributed by atoms with Gasteiger partial charge in [-0.2, -0.15) is 0 Å². The predicted octanol–water partition coefficient (Wildman–Crippen LogP) is 3.68. The Balaban J connectivity index is 2.17. The molecule has 2 N–H and O–H groups in total. The van der Waals surface area contributed by atoms with Crippen LogP contribution in [0.25, 0.3) is 6.08 Å². The Hall–Kier alpha value is -3.34. The fourth-order valence-corrected chi connectivity index (χ4v) is 2.24. The quantitative estimate of drug-likeness (QED) is 0.591. The Morgan fingerprint density at radius 2 is 1.81 bits per heavy atom. The van der Waals surface area contributed by atoms with Crippen molar-refractivity contribution in [1.82, 2.24) is 5.32 Å². The van der Waals surface area contributed by atoms with Gasteiger partial charge in [0.2, 0.25) is 5.91 Å². The molecule has 26 heavy (non-hydrogen) atoms. The highest BCUT2D eigenvalue weighted by molar-refractivity contribution is 6.08. The summed E-state index contributed by atoms with van der Waals surface area (Å²) in [6, 6.07) is 14.6. The highest BCUT2D eigenvalue weighted by Crippen LogP contribution is 2.17. The number of nitrogens with one attached hydrogen (secondary N) is 2. The first-order chi connectivity index (χ1) is 12.5. The average molecular weight is 350 g/mol. The molecule has 0 saturated carbocycles. The smallest absolute Gasteiger partial charge is 0.272 e. The van der Waals surface area contributed by atoms with Crippen molar-refractivity contribution in [1.29, 1.82) is 0 Å². The topological polar surface area (TPSA) is 67.4 Å². The molecule has 2 amide bonds. The summed E-state index contributed by atoms with van der Waals surface area (Å²) in [4.78, 5) is 24.1. The summed E-state index contributed by atoms with van der Waals surface area (Å²) >= 11 is 0. The van der Waals surface area contributed by atoms with E-state index in [-0.39, 0.29) is 11.6 Å². The second-order valence-electron chi connectivity index (χ2n) is 5.67. The third-order valence-corrected chi connectivity index (χ3v) is 3.52. The maximum Gasteiger partial charge on any atom is 0.272 e. The molecule has 134 valence electrons. The predicted molar refractivity (Wildman–Crippen MR) is 104 cm³/mol. The lowest BCUT2D eigenvalue weighted by atomic mass is 10.1. The number of aryl methyl sites for hydroxylation is 1. The number of carbonyl (C=O) groups is 2. The van der Waals surface area contributed by atoms with Crippen molar-refractivity contribution in [2.75, 3.05) is 11.9 Å². The van der Waals surface area contributed by atoms with Crippen LogP contribution in [0.2, 0.25) is 0 Å². The van der Waals surface area contributed by atoms with Gasteiger partial charge in [-0.05, 0) is 48.4 Å². The molecule has 0 saturated heterocycles. The van der Waals surface area contributed by atoms with Crippen LogP contribution in [0.5, 0.6) is 5.75 Å². The molecular formula is C21H22N2O3. The van der Waals surface area contributed by atoms with Crippen molar-refractivity contribution in [3.8, 4) is 5.75 Å². The van der Waals surface area contributed by atoms with Crippen LogP contribution >= 0.6 is 0 Å². The van der Waals surface area contributed by atoms with Crippen molar-refractivity contribution < 1.29 is 14.3 Å². The Labute approximate surface area is 153 Å². The van der Waals surface area contributed by atoms with E-state index in [9.17, 15) is 9.59 Å². The minimum atomic E-state index is -0.400. The first-order valence-electron chi connectivity index (χ1n) is 8.19. The van der Waals surface area contributed by atoms with Crippen LogP contribution < -0.4 is 15.4 Å². The van der Waals surface area contributed by atoms with E-state index >= 15 is 0 Å². The molecule has 0 aliphatic heterocycles. The van der Waals surface area contributed by atoms with Crippen LogP contribution in [0, 0.1) is 6.92 Å². The number of rotatable bonds is 7. The standard InChI is InChI=1S/C21H22N2O3/c1-4-13-26-19-11-9-18(10-12-19)23-21(25)20(22-16(3)24)14-17-8-6-5-7-15(17)2/h4-12,14H,1,13H2,2-3H3,(H,22,24)(H,23,25)/b20-14-. The molecule has 0 heterocycles. The van der Waals surface area contributed by atoms with Crippen molar-refractivity contribution in [3.63, 3.8) is 0 Å². The maximum atomic E-state index is 12.6. The number of hydrogen-bond acceptors (Lipinski definition) is 3. The zero-order valence-electron chi connectivity index (χ0n) is 14.9. The average Bonchev–Trinajstić information content (AvgIpc) is 2.62. The molecule has 2 rings (SSSR count). The SMILES string of the molecule is C=CCOc1ccc(NC(=O)/C(=C/c2ccccc2C)NC(C)=O)cc1. The molecular weight excluding hydrogens is 328 g/mol. The van der Waals surface area contributed by atoms with Gasteiger partial charge in [-0.1, -0.05) is 36.9 Å². The molecule has 0 spiro atoms. The van der Waals surface area contributed by atoms with Crippen LogP contribution in [-0.4, -0.2) is 18.4 Å². The normalized spacial score (nSPS) is 10.8. The van der Waals surface area contributed by atoms with E-state index in [1.54, 1.807) is 36.4 Å². The minimum absolute atomic E-state index is 0.179. The van der Waals surface area contributed by atoms with E-state index in [4.69, 9.17) is 4.74 Å². The summed E-state index contributed by atoms with van der Waals surface area (Å²) in [5.41, 5.74) is 2.65. The van der Waals surface area contributed by atoms with Crippen molar-refractivity contribution in [3.05, 3.63) is 78.0 Å². The van der Waals surface area contributed by atoms with Crippen LogP contribution in [0.3, 0.4) is 0 Å². The summed E-state index contributed by atoms with van der Waals surface area (Å²) in [5.74, 6) is -0.0307. The first-order valence-corrected chi connectivity index (χ1v) is 8.19. The Morgan fingerprint density at radius 1 is 1.12 bits per heavy atom. The van der Waals surface area contributed by atoms with Gasteiger partial charge in [-0.25, -0.2) is 0 Å². The summed E-state index contributed by atoms with van der Waals surface area (Å²) in [7, 11) is 0. The summed E-state index contributed by atoms with van der Waals surface area (Å²) in [6.45, 7) is 7.32. The third kappa shape index (κ3) is 5.63. The van der Waals surface area contributed by atoms with Gasteiger partial charge in [0.1, 0.15) is 18.1 Å². The first kappa shape index (κ1) is 19.0. The van der Waals surface area contributed by atoms with E-state index < -0.39 is 5.91 Å². The van der Waals surface area contributed by atoms with Crippen LogP contribution in [0.15, 0.2) is 66.9 Å². The fraction of sp³-hybridized carbons (Fsp3) is 0.143. The van der Waals surface area contributed by atoms with E-state index in [1.165, 1.54) is 6.92 Å². The van der Waals surface area contributed by atoms with Crippen molar-refractivity contribution in [2.24, 2.45) is 0 Å². The van der Waals surface area contributed by atoms with Gasteiger partial charge in [0, 0.05) is 12.6 Å². The van der Waals surface area contributed by atoms with Gasteiger partial charge in [0.05, 0.1) is 0 Å². The van der Waals surface area contributed by atoms with Crippen LogP contribution in [0.1, 0.15) is 18.1 Å². The molecule has 0 unspecified atom stereocenters. The highest BCUT2D eigenvalue weighted by atomic mass is 16.5. The Kier molecular flexibility index (Phi) is 6.74. The number of benzene rings is 2. The highest BCUT2D eigenvalue weighted by Gasteiger charge is 2.12.